The molecule has 192 valence electrons. The van der Waals surface area contributed by atoms with Crippen molar-refractivity contribution in [3.63, 3.8) is 0 Å². The van der Waals surface area contributed by atoms with Gasteiger partial charge in [0.05, 0.1) is 16.7 Å². The molecule has 8 aromatic rings. The third-order valence-electron chi connectivity index (χ3n) is 8.75. The predicted octanol–water partition coefficient (Wildman–Crippen LogP) is 10.4. The molecule has 0 saturated heterocycles. The van der Waals surface area contributed by atoms with Gasteiger partial charge < -0.3 is 0 Å². The number of benzene rings is 7. The van der Waals surface area contributed by atoms with E-state index >= 15 is 0 Å². The van der Waals surface area contributed by atoms with Crippen LogP contribution in [0.25, 0.3) is 59.9 Å². The molecule has 41 heavy (non-hydrogen) atoms. The standard InChI is InChI=1S/C39H26N2/c1-2-13-27(14-3-1)40-36-20-10-4-12-26(36)22-23-39(40)41-37-21-11-9-19-32(37)35-24-33-30-17-7-5-15-28(30)29-16-6-8-18-31(29)34(33)25-38(35)41/h1-21,23-25H,22H2. The molecule has 0 saturated carbocycles. The van der Waals surface area contributed by atoms with E-state index in [2.05, 4.69) is 155 Å². The normalized spacial score (nSPS) is 13.4. The van der Waals surface area contributed by atoms with Crippen LogP contribution < -0.4 is 4.90 Å². The zero-order chi connectivity index (χ0) is 26.9. The van der Waals surface area contributed by atoms with E-state index in [0.29, 0.717) is 0 Å². The number of hydrogen-bond donors (Lipinski definition) is 0. The van der Waals surface area contributed by atoms with Gasteiger partial charge in [-0.1, -0.05) is 103 Å². The van der Waals surface area contributed by atoms with Crippen LogP contribution in [0.3, 0.4) is 0 Å². The minimum atomic E-state index is 0.893. The summed E-state index contributed by atoms with van der Waals surface area (Å²) in [6.07, 6.45) is 3.29. The Morgan fingerprint density at radius 1 is 0.415 bits per heavy atom. The summed E-state index contributed by atoms with van der Waals surface area (Å²) >= 11 is 0. The zero-order valence-electron chi connectivity index (χ0n) is 22.5. The highest BCUT2D eigenvalue weighted by molar-refractivity contribution is 6.29. The van der Waals surface area contributed by atoms with Crippen molar-refractivity contribution in [2.24, 2.45) is 0 Å². The molecule has 1 aliphatic rings. The molecule has 0 radical (unpaired) electrons. The van der Waals surface area contributed by atoms with Gasteiger partial charge in [0, 0.05) is 16.5 Å². The highest BCUT2D eigenvalue weighted by atomic mass is 15.3. The number of nitrogens with zero attached hydrogens (tertiary/aromatic N) is 2. The van der Waals surface area contributed by atoms with Gasteiger partial charge in [-0.25, -0.2) is 0 Å². The lowest BCUT2D eigenvalue weighted by Gasteiger charge is -2.34. The van der Waals surface area contributed by atoms with E-state index in [0.717, 1.165) is 12.1 Å². The van der Waals surface area contributed by atoms with Gasteiger partial charge in [-0.2, -0.15) is 0 Å². The van der Waals surface area contributed by atoms with Crippen molar-refractivity contribution in [1.29, 1.82) is 0 Å². The molecule has 0 unspecified atom stereocenters. The fraction of sp³-hybridized carbons (Fsp3) is 0.0256. The summed E-state index contributed by atoms with van der Waals surface area (Å²) in [5.41, 5.74) is 6.18. The molecule has 1 aromatic heterocycles. The van der Waals surface area contributed by atoms with Gasteiger partial charge in [0.2, 0.25) is 0 Å². The smallest absolute Gasteiger partial charge is 0.119 e. The molecule has 2 heteroatoms. The lowest BCUT2D eigenvalue weighted by molar-refractivity contribution is 1.05. The maximum atomic E-state index is 2.48. The largest absolute Gasteiger partial charge is 0.296 e. The first kappa shape index (κ1) is 22.5. The Labute approximate surface area is 238 Å². The maximum absolute atomic E-state index is 2.48. The average molecular weight is 523 g/mol. The molecule has 7 aromatic carbocycles. The van der Waals surface area contributed by atoms with Gasteiger partial charge in [-0.3, -0.25) is 9.47 Å². The Bertz CT molecular complexity index is 2340. The third kappa shape index (κ3) is 3.19. The van der Waals surface area contributed by atoms with Gasteiger partial charge in [-0.15, -0.1) is 0 Å². The fourth-order valence-electron chi connectivity index (χ4n) is 6.97. The summed E-state index contributed by atoms with van der Waals surface area (Å²) in [5, 5.41) is 10.3. The Kier molecular flexibility index (Phi) is 4.70. The van der Waals surface area contributed by atoms with Crippen molar-refractivity contribution in [3.8, 4) is 0 Å². The first-order valence-electron chi connectivity index (χ1n) is 14.3. The zero-order valence-corrected chi connectivity index (χ0v) is 22.5. The number of allylic oxidation sites excluding steroid dienone is 1. The SMILES string of the molecule is C1=C(n2c3ccccc3c3cc4c5ccccc5c5ccccc5c4cc32)N(c2ccccc2)c2ccccc2C1. The number of aromatic nitrogens is 1. The topological polar surface area (TPSA) is 8.17 Å². The Hall–Kier alpha value is -5.34. The molecule has 0 amide bonds. The van der Waals surface area contributed by atoms with Crippen molar-refractivity contribution < 1.29 is 0 Å². The van der Waals surface area contributed by atoms with Crippen LogP contribution in [0, 0.1) is 0 Å². The first-order valence-corrected chi connectivity index (χ1v) is 14.3. The molecule has 0 bridgehead atoms. The van der Waals surface area contributed by atoms with E-state index in [9.17, 15) is 0 Å². The Morgan fingerprint density at radius 2 is 0.976 bits per heavy atom. The number of fused-ring (bicyclic) bond motifs is 10. The van der Waals surface area contributed by atoms with Crippen LogP contribution in [0.4, 0.5) is 11.4 Å². The van der Waals surface area contributed by atoms with Crippen molar-refractivity contribution in [2.45, 2.75) is 6.42 Å². The van der Waals surface area contributed by atoms with Crippen LogP contribution in [-0.4, -0.2) is 4.57 Å². The second kappa shape index (κ2) is 8.58. The van der Waals surface area contributed by atoms with Crippen LogP contribution in [0.5, 0.6) is 0 Å². The first-order chi connectivity index (χ1) is 20.4. The van der Waals surface area contributed by atoms with E-state index in [4.69, 9.17) is 0 Å². The molecule has 1 aliphatic heterocycles. The van der Waals surface area contributed by atoms with Crippen molar-refractivity contribution in [3.05, 3.63) is 151 Å². The minimum Gasteiger partial charge on any atom is -0.296 e. The number of para-hydroxylation sites is 3. The van der Waals surface area contributed by atoms with E-state index in [-0.39, 0.29) is 0 Å². The second-order valence-corrected chi connectivity index (χ2v) is 10.9. The molecule has 0 spiro atoms. The van der Waals surface area contributed by atoms with E-state index in [1.165, 1.54) is 71.2 Å². The van der Waals surface area contributed by atoms with Gasteiger partial charge >= 0.3 is 0 Å². The van der Waals surface area contributed by atoms with Crippen molar-refractivity contribution >= 4 is 71.3 Å². The van der Waals surface area contributed by atoms with E-state index in [1.54, 1.807) is 0 Å². The van der Waals surface area contributed by atoms with Crippen LogP contribution in [0.2, 0.25) is 0 Å². The number of rotatable bonds is 2. The van der Waals surface area contributed by atoms with Crippen molar-refractivity contribution in [2.75, 3.05) is 4.90 Å². The maximum Gasteiger partial charge on any atom is 0.119 e. The lowest BCUT2D eigenvalue weighted by Crippen LogP contribution is -2.24. The molecule has 0 aliphatic carbocycles. The lowest BCUT2D eigenvalue weighted by atomic mass is 9.93. The summed E-state index contributed by atoms with van der Waals surface area (Å²) < 4.78 is 2.48. The molecular weight excluding hydrogens is 496 g/mol. The van der Waals surface area contributed by atoms with Crippen LogP contribution in [0.15, 0.2) is 146 Å². The Morgan fingerprint density at radius 3 is 1.71 bits per heavy atom. The second-order valence-electron chi connectivity index (χ2n) is 10.9. The van der Waals surface area contributed by atoms with E-state index < -0.39 is 0 Å². The molecule has 2 heterocycles. The fourth-order valence-corrected chi connectivity index (χ4v) is 6.97. The Balaban J connectivity index is 1.43. The molecular formula is C39H26N2. The summed E-state index contributed by atoms with van der Waals surface area (Å²) in [6, 6.07) is 50.9. The van der Waals surface area contributed by atoms with Crippen LogP contribution in [0.1, 0.15) is 5.56 Å². The summed E-state index contributed by atoms with van der Waals surface area (Å²) in [6.45, 7) is 0. The highest BCUT2D eigenvalue weighted by Gasteiger charge is 2.26. The number of hydrogen-bond acceptors (Lipinski definition) is 1. The summed E-state index contributed by atoms with van der Waals surface area (Å²) in [4.78, 5) is 2.42. The van der Waals surface area contributed by atoms with Crippen molar-refractivity contribution in [1.82, 2.24) is 4.57 Å². The third-order valence-corrected chi connectivity index (χ3v) is 8.75. The van der Waals surface area contributed by atoms with E-state index in [1.807, 2.05) is 0 Å². The molecule has 0 N–H and O–H groups in total. The quantitative estimate of drug-likeness (QED) is 0.205. The highest BCUT2D eigenvalue weighted by Crippen LogP contribution is 2.44. The molecule has 2 nitrogen and oxygen atoms in total. The monoisotopic (exact) mass is 522 g/mol. The number of anilines is 2. The average Bonchev–Trinajstić information content (AvgIpc) is 3.37. The van der Waals surface area contributed by atoms with Gasteiger partial charge in [0.1, 0.15) is 5.82 Å². The van der Waals surface area contributed by atoms with Gasteiger partial charge in [0.15, 0.2) is 0 Å². The summed E-state index contributed by atoms with van der Waals surface area (Å²) in [7, 11) is 0. The molecule has 0 atom stereocenters. The van der Waals surface area contributed by atoms with Crippen LogP contribution >= 0.6 is 0 Å². The van der Waals surface area contributed by atoms with Gasteiger partial charge in [0.25, 0.3) is 0 Å². The minimum absolute atomic E-state index is 0.893. The predicted molar refractivity (Wildman–Crippen MR) is 175 cm³/mol. The van der Waals surface area contributed by atoms with Crippen LogP contribution in [-0.2, 0) is 6.42 Å². The summed E-state index contributed by atoms with van der Waals surface area (Å²) in [5.74, 6) is 1.17. The molecule has 9 rings (SSSR count). The molecule has 0 fully saturated rings. The van der Waals surface area contributed by atoms with Gasteiger partial charge in [-0.05, 0) is 86.8 Å².